The van der Waals surface area contributed by atoms with Crippen molar-refractivity contribution in [2.24, 2.45) is 0 Å². The Bertz CT molecular complexity index is 750. The van der Waals surface area contributed by atoms with Crippen LogP contribution >= 0.6 is 11.6 Å². The molecule has 0 atom stereocenters. The van der Waals surface area contributed by atoms with Crippen LogP contribution in [-0.2, 0) is 11.3 Å². The smallest absolute Gasteiger partial charge is 0.422 e. The second-order valence-electron chi connectivity index (χ2n) is 5.13. The number of methoxy groups -OCH3 is 1. The topological polar surface area (TPSA) is 47.6 Å². The molecular formula is C17H15ClF3NO3. The number of anilines is 1. The average molecular weight is 374 g/mol. The van der Waals surface area contributed by atoms with Gasteiger partial charge >= 0.3 is 6.18 Å². The molecule has 25 heavy (non-hydrogen) atoms. The second kappa shape index (κ2) is 8.22. The van der Waals surface area contributed by atoms with E-state index in [-0.39, 0.29) is 16.5 Å². The van der Waals surface area contributed by atoms with Crippen LogP contribution in [0.5, 0.6) is 5.75 Å². The Kier molecular flexibility index (Phi) is 6.27. The molecule has 134 valence electrons. The van der Waals surface area contributed by atoms with E-state index in [9.17, 15) is 18.0 Å². The highest BCUT2D eigenvalue weighted by molar-refractivity contribution is 6.31. The third kappa shape index (κ3) is 5.95. The first-order chi connectivity index (χ1) is 11.8. The number of carbonyl (C=O) groups is 1. The minimum Gasteiger partial charge on any atom is -0.482 e. The molecule has 4 nitrogen and oxygen atoms in total. The normalized spacial score (nSPS) is 11.2. The third-order valence-electron chi connectivity index (χ3n) is 3.08. The van der Waals surface area contributed by atoms with Gasteiger partial charge in [0.15, 0.2) is 6.61 Å². The predicted molar refractivity (Wildman–Crippen MR) is 88.1 cm³/mol. The molecule has 0 unspecified atom stereocenters. The molecule has 0 saturated heterocycles. The summed E-state index contributed by atoms with van der Waals surface area (Å²) in [6.07, 6.45) is -4.49. The van der Waals surface area contributed by atoms with Crippen molar-refractivity contribution in [2.75, 3.05) is 19.0 Å². The molecule has 0 spiro atoms. The molecule has 0 aliphatic carbocycles. The van der Waals surface area contributed by atoms with Crippen molar-refractivity contribution in [3.63, 3.8) is 0 Å². The van der Waals surface area contributed by atoms with Crippen LogP contribution in [0.25, 0.3) is 0 Å². The summed E-state index contributed by atoms with van der Waals surface area (Å²) in [5, 5.41) is 2.77. The summed E-state index contributed by atoms with van der Waals surface area (Å²) in [4.78, 5) is 12.4. The van der Waals surface area contributed by atoms with Gasteiger partial charge in [-0.2, -0.15) is 13.2 Å². The number of hydrogen-bond donors (Lipinski definition) is 1. The molecule has 2 rings (SSSR count). The lowest BCUT2D eigenvalue weighted by Gasteiger charge is -2.14. The Hall–Kier alpha value is -2.25. The van der Waals surface area contributed by atoms with E-state index >= 15 is 0 Å². The van der Waals surface area contributed by atoms with Gasteiger partial charge in [-0.3, -0.25) is 4.79 Å². The number of carbonyl (C=O) groups excluding carboxylic acids is 1. The number of ether oxygens (including phenoxy) is 2. The van der Waals surface area contributed by atoms with Gasteiger partial charge in [-0.25, -0.2) is 0 Å². The molecule has 2 aromatic carbocycles. The zero-order valence-corrected chi connectivity index (χ0v) is 13.9. The first-order valence-electron chi connectivity index (χ1n) is 7.17. The Balaban J connectivity index is 2.19. The zero-order chi connectivity index (χ0) is 18.4. The van der Waals surface area contributed by atoms with Gasteiger partial charge in [-0.15, -0.1) is 0 Å². The molecule has 0 aromatic heterocycles. The van der Waals surface area contributed by atoms with Crippen LogP contribution in [0, 0.1) is 0 Å². The van der Waals surface area contributed by atoms with Crippen molar-refractivity contribution < 1.29 is 27.4 Å². The molecule has 0 radical (unpaired) electrons. The monoisotopic (exact) mass is 373 g/mol. The Morgan fingerprint density at radius 2 is 1.96 bits per heavy atom. The zero-order valence-electron chi connectivity index (χ0n) is 13.2. The lowest BCUT2D eigenvalue weighted by atomic mass is 10.1. The maximum atomic E-state index is 12.4. The van der Waals surface area contributed by atoms with Crippen LogP contribution < -0.4 is 10.1 Å². The molecular weight excluding hydrogens is 359 g/mol. The molecule has 0 saturated carbocycles. The van der Waals surface area contributed by atoms with E-state index in [0.29, 0.717) is 12.2 Å². The van der Waals surface area contributed by atoms with E-state index in [2.05, 4.69) is 5.32 Å². The van der Waals surface area contributed by atoms with Gasteiger partial charge in [0.1, 0.15) is 5.75 Å². The van der Waals surface area contributed by atoms with E-state index in [1.54, 1.807) is 24.3 Å². The van der Waals surface area contributed by atoms with Gasteiger partial charge in [-0.1, -0.05) is 23.7 Å². The Morgan fingerprint density at radius 3 is 2.64 bits per heavy atom. The first kappa shape index (κ1) is 19.1. The van der Waals surface area contributed by atoms with E-state index < -0.39 is 18.7 Å². The maximum Gasteiger partial charge on any atom is 0.422 e. The van der Waals surface area contributed by atoms with Crippen molar-refractivity contribution >= 4 is 23.2 Å². The number of nitrogens with one attached hydrogen (secondary N) is 1. The first-order valence-corrected chi connectivity index (χ1v) is 7.54. The fourth-order valence-electron chi connectivity index (χ4n) is 2.05. The molecule has 8 heteroatoms. The lowest BCUT2D eigenvalue weighted by molar-refractivity contribution is -0.153. The fourth-order valence-corrected chi connectivity index (χ4v) is 2.22. The van der Waals surface area contributed by atoms with Crippen molar-refractivity contribution in [2.45, 2.75) is 12.8 Å². The number of hydrogen-bond acceptors (Lipinski definition) is 3. The van der Waals surface area contributed by atoms with Gasteiger partial charge in [0.25, 0.3) is 5.91 Å². The van der Waals surface area contributed by atoms with Crippen molar-refractivity contribution in [1.82, 2.24) is 0 Å². The number of halogens is 4. The number of amides is 1. The van der Waals surface area contributed by atoms with Crippen molar-refractivity contribution in [1.29, 1.82) is 0 Å². The molecule has 0 heterocycles. The molecule has 0 fully saturated rings. The second-order valence-corrected chi connectivity index (χ2v) is 5.57. The number of rotatable bonds is 6. The summed E-state index contributed by atoms with van der Waals surface area (Å²) in [6.45, 7) is -1.14. The average Bonchev–Trinajstić information content (AvgIpc) is 2.54. The summed E-state index contributed by atoms with van der Waals surface area (Å²) in [7, 11) is 1.53. The highest BCUT2D eigenvalue weighted by atomic mass is 35.5. The van der Waals surface area contributed by atoms with Crippen molar-refractivity contribution in [3.05, 3.63) is 58.6 Å². The largest absolute Gasteiger partial charge is 0.482 e. The standard InChI is InChI=1S/C17H15ClF3NO3/c1-24-9-11-3-2-4-12(7-11)16(23)22-14-8-13(18)5-6-15(14)25-10-17(19,20)21/h2-8H,9-10H2,1H3,(H,22,23). The van der Waals surface area contributed by atoms with Gasteiger partial charge in [-0.05, 0) is 35.9 Å². The third-order valence-corrected chi connectivity index (χ3v) is 3.32. The van der Waals surface area contributed by atoms with E-state index in [4.69, 9.17) is 21.1 Å². The fraction of sp³-hybridized carbons (Fsp3) is 0.235. The minimum atomic E-state index is -4.49. The summed E-state index contributed by atoms with van der Waals surface area (Å²) in [6, 6.07) is 10.6. The van der Waals surface area contributed by atoms with Crippen LogP contribution in [-0.4, -0.2) is 25.8 Å². The van der Waals surface area contributed by atoms with Crippen LogP contribution in [0.3, 0.4) is 0 Å². The van der Waals surface area contributed by atoms with Gasteiger partial charge in [0, 0.05) is 17.7 Å². The number of benzene rings is 2. The highest BCUT2D eigenvalue weighted by Gasteiger charge is 2.29. The SMILES string of the molecule is COCc1cccc(C(=O)Nc2cc(Cl)ccc2OCC(F)(F)F)c1. The lowest BCUT2D eigenvalue weighted by Crippen LogP contribution is -2.20. The predicted octanol–water partition coefficient (Wildman–Crippen LogP) is 4.68. The summed E-state index contributed by atoms with van der Waals surface area (Å²) >= 11 is 5.86. The molecule has 0 bridgehead atoms. The van der Waals surface area contributed by atoms with Crippen molar-refractivity contribution in [3.8, 4) is 5.75 Å². The quantitative estimate of drug-likeness (QED) is 0.799. The summed E-state index contributed by atoms with van der Waals surface area (Å²) in [5.41, 5.74) is 1.17. The molecule has 2 aromatic rings. The number of alkyl halides is 3. The summed E-state index contributed by atoms with van der Waals surface area (Å²) < 4.78 is 46.8. The van der Waals surface area contributed by atoms with Crippen LogP contribution in [0.1, 0.15) is 15.9 Å². The van der Waals surface area contributed by atoms with Crippen LogP contribution in [0.2, 0.25) is 5.02 Å². The van der Waals surface area contributed by atoms with E-state index in [1.807, 2.05) is 0 Å². The van der Waals surface area contributed by atoms with Gasteiger partial charge in [0.05, 0.1) is 12.3 Å². The van der Waals surface area contributed by atoms with Crippen LogP contribution in [0.4, 0.5) is 18.9 Å². The highest BCUT2D eigenvalue weighted by Crippen LogP contribution is 2.30. The van der Waals surface area contributed by atoms with E-state index in [1.165, 1.54) is 25.3 Å². The Labute approximate surface area is 147 Å². The molecule has 0 aliphatic rings. The summed E-state index contributed by atoms with van der Waals surface area (Å²) in [5.74, 6) is -0.625. The maximum absolute atomic E-state index is 12.4. The van der Waals surface area contributed by atoms with Gasteiger partial charge < -0.3 is 14.8 Å². The van der Waals surface area contributed by atoms with E-state index in [0.717, 1.165) is 5.56 Å². The van der Waals surface area contributed by atoms with Crippen LogP contribution in [0.15, 0.2) is 42.5 Å². The molecule has 1 N–H and O–H groups in total. The Morgan fingerprint density at radius 1 is 1.20 bits per heavy atom. The molecule has 0 aliphatic heterocycles. The van der Waals surface area contributed by atoms with Gasteiger partial charge in [0.2, 0.25) is 0 Å². The molecule has 1 amide bonds. The minimum absolute atomic E-state index is 0.0545.